The van der Waals surface area contributed by atoms with Gasteiger partial charge in [0.1, 0.15) is 0 Å². The molecule has 0 saturated carbocycles. The van der Waals surface area contributed by atoms with Crippen LogP contribution in [0.2, 0.25) is 0 Å². The Kier molecular flexibility index (Phi) is 273. The van der Waals surface area contributed by atoms with E-state index in [-0.39, 0.29) is 414 Å². The summed E-state index contributed by atoms with van der Waals surface area (Å²) in [6.07, 6.45) is -2.37. The van der Waals surface area contributed by atoms with Gasteiger partial charge in [0, 0.05) is 359 Å². The Morgan fingerprint density at radius 2 is 0.256 bits per heavy atom. The summed E-state index contributed by atoms with van der Waals surface area (Å²) in [5.41, 5.74) is 0. The van der Waals surface area contributed by atoms with E-state index in [1.807, 2.05) is 0 Å². The quantitative estimate of drug-likeness (QED) is 0.110. The zero-order chi connectivity index (χ0) is 16.8. The molecule has 0 aliphatic carbocycles. The van der Waals surface area contributed by atoms with Gasteiger partial charge in [-0.25, -0.2) is 0 Å². The van der Waals surface area contributed by atoms with Crippen LogP contribution in [0.3, 0.4) is 0 Å². The zero-order valence-corrected chi connectivity index (χ0v) is 42.2. The van der Waals surface area contributed by atoms with Crippen molar-refractivity contribution in [3.8, 4) is 0 Å². The summed E-state index contributed by atoms with van der Waals surface area (Å²) in [7, 11) is -15.9. The topological polar surface area (TPSA) is 558 Å². The summed E-state index contributed by atoms with van der Waals surface area (Å²) in [6, 6.07) is 0. The van der Waals surface area contributed by atoms with E-state index in [1.165, 1.54) is 0 Å². The molecule has 0 amide bonds. The third-order valence-corrected chi connectivity index (χ3v) is 5.40. The van der Waals surface area contributed by atoms with Crippen LogP contribution in [0.15, 0.2) is 0 Å². The van der Waals surface area contributed by atoms with Crippen LogP contribution in [0, 0.1) is 359 Å². The van der Waals surface area contributed by atoms with Gasteiger partial charge < -0.3 is 54.8 Å². The first-order chi connectivity index (χ1) is 8.41. The molecular weight excluding hydrogens is 1940 g/mol. The van der Waals surface area contributed by atoms with E-state index >= 15 is 0 Å². The first kappa shape index (κ1) is 141. The van der Waals surface area contributed by atoms with Crippen LogP contribution in [-0.4, -0.2) is 138 Å². The smallest absolute Gasteiger partial charge is 0.407 e. The maximum Gasteiger partial charge on any atom is 0.407 e. The van der Waals surface area contributed by atoms with Gasteiger partial charge in [-0.1, -0.05) is 0 Å². The Bertz CT molecular complexity index is 239. The van der Waals surface area contributed by atoms with Crippen molar-refractivity contribution < 1.29 is 473 Å². The van der Waals surface area contributed by atoms with Crippen molar-refractivity contribution in [1.82, 2.24) is 0 Å². The average molecular weight is 1980 g/mol. The molecule has 0 aliphatic rings. The molecule has 0 rings (SSSR count). The fourth-order valence-corrected chi connectivity index (χ4v) is 4.83. The molecule has 32 N–H and O–H groups in total. The van der Waals surface area contributed by atoms with E-state index in [4.69, 9.17) is 58.7 Å². The van der Waals surface area contributed by atoms with Crippen LogP contribution < -0.4 is 0 Å². The van der Waals surface area contributed by atoms with Gasteiger partial charge in [-0.3, -0.25) is 0 Å². The van der Waals surface area contributed by atoms with Gasteiger partial charge in [-0.05, 0) is 0 Å². The van der Waals surface area contributed by atoms with E-state index in [1.54, 1.807) is 0 Å². The molecule has 35 heteroatoms. The summed E-state index contributed by atoms with van der Waals surface area (Å²) < 4.78 is 0. The molecular formula is C4H40Gd9O22P4+4. The molecule has 0 atom stereocenters. The monoisotopic (exact) mass is 1990 g/mol. The van der Waals surface area contributed by atoms with Crippen molar-refractivity contribution in [2.75, 3.05) is 24.6 Å². The van der Waals surface area contributed by atoms with Crippen molar-refractivity contribution in [3.05, 3.63) is 0 Å². The Morgan fingerprint density at radius 3 is 0.282 bits per heavy atom. The summed E-state index contributed by atoms with van der Waals surface area (Å²) >= 11 is 0. The molecule has 0 aromatic rings. The standard InChI is InChI=1S/2C2H10O6P2.9Gd.10H2O/c2*3-9(4,5)1-2-10(6,7)8;;;;;;;;;;;;;;;;;;;/h2*3-8H,1-2H2;;;;;;;;;;10*1H2/q2*+2;;;;;;;;;;;;;;;;;;;. The van der Waals surface area contributed by atoms with Crippen molar-refractivity contribution in [2.45, 2.75) is 0 Å². The Labute approximate surface area is 514 Å². The SMILES string of the molecule is O.O.O.O.O.O.O.O.O.O.O[P+](O)(O)CC[P+](O)(O)O.O[P+](O)(O)CC[P+](O)(O)O.[Gd].[Gd].[Gd].[Gd].[Gd].[Gd].[Gd].[Gd].[Gd]. The molecule has 276 valence electrons. The zero-order valence-electron chi connectivity index (χ0n) is 18.2. The maximum atomic E-state index is 8.29. The first-order valence-corrected chi connectivity index (χ1v) is 12.0. The fourth-order valence-electron chi connectivity index (χ4n) is 0.537. The van der Waals surface area contributed by atoms with E-state index in [0.29, 0.717) is 0 Å². The molecule has 0 aromatic carbocycles. The van der Waals surface area contributed by atoms with Crippen molar-refractivity contribution in [2.24, 2.45) is 0 Å². The number of hydrogen-bond donors (Lipinski definition) is 12. The van der Waals surface area contributed by atoms with E-state index in [0.717, 1.165) is 0 Å². The van der Waals surface area contributed by atoms with Crippen LogP contribution >= 0.6 is 31.8 Å². The van der Waals surface area contributed by atoms with Crippen LogP contribution in [0.1, 0.15) is 0 Å². The van der Waals surface area contributed by atoms with Gasteiger partial charge in [0.25, 0.3) is 0 Å². The minimum absolute atomic E-state index is 0. The number of hydrogen-bond acceptors (Lipinski definition) is 12. The summed E-state index contributed by atoms with van der Waals surface area (Å²) in [5.74, 6) is 0. The van der Waals surface area contributed by atoms with Crippen LogP contribution in [0.25, 0.3) is 0 Å². The van der Waals surface area contributed by atoms with E-state index in [9.17, 15) is 0 Å². The Morgan fingerprint density at radius 1 is 0.205 bits per heavy atom. The van der Waals surface area contributed by atoms with Gasteiger partial charge >= 0.3 is 31.8 Å². The normalized spacial score (nSPS) is 7.08. The molecule has 0 aliphatic heterocycles. The van der Waals surface area contributed by atoms with Gasteiger partial charge in [-0.2, -0.15) is 58.7 Å². The van der Waals surface area contributed by atoms with Crippen LogP contribution in [0.5, 0.6) is 0 Å². The molecule has 0 aromatic heterocycles. The first-order valence-electron chi connectivity index (χ1n) is 4.66. The molecule has 0 spiro atoms. The third-order valence-electron chi connectivity index (χ3n) is 1.40. The molecule has 0 bridgehead atoms. The predicted octanol–water partition coefficient (Wildman–Crippen LogP) is -11.3. The van der Waals surface area contributed by atoms with Crippen molar-refractivity contribution >= 4 is 31.8 Å². The summed E-state index contributed by atoms with van der Waals surface area (Å²) in [5, 5.41) is 0. The molecule has 0 saturated heterocycles. The molecule has 22 nitrogen and oxygen atoms in total. The number of rotatable bonds is 6. The minimum Gasteiger partial charge on any atom is -0.412 e. The van der Waals surface area contributed by atoms with Gasteiger partial charge in [-0.15, -0.1) is 0 Å². The van der Waals surface area contributed by atoms with Crippen LogP contribution in [0.4, 0.5) is 0 Å². The predicted molar refractivity (Wildman–Crippen MR) is 110 cm³/mol. The fraction of sp³-hybridized carbons (Fsp3) is 1.00. The second kappa shape index (κ2) is 75.7. The van der Waals surface area contributed by atoms with Gasteiger partial charge in [0.05, 0.1) is 0 Å². The summed E-state index contributed by atoms with van der Waals surface area (Å²) in [4.78, 5) is 99.5. The van der Waals surface area contributed by atoms with Crippen molar-refractivity contribution in [1.29, 1.82) is 0 Å². The maximum absolute atomic E-state index is 8.29. The largest absolute Gasteiger partial charge is 0.412 e. The molecule has 0 fully saturated rings. The van der Waals surface area contributed by atoms with Crippen LogP contribution in [-0.2, 0) is 0 Å². The third kappa shape index (κ3) is 169. The average Bonchev–Trinajstić information content (AvgIpc) is 2.09. The summed E-state index contributed by atoms with van der Waals surface area (Å²) in [6.45, 7) is 0. The molecule has 0 radical (unpaired) electrons. The van der Waals surface area contributed by atoms with Crippen molar-refractivity contribution in [3.63, 3.8) is 0 Å². The molecule has 0 unspecified atom stereocenters. The van der Waals surface area contributed by atoms with Gasteiger partial charge in [0.2, 0.25) is 0 Å². The molecule has 0 heterocycles. The Hall–Kier alpha value is 12.8. The van der Waals surface area contributed by atoms with E-state index < -0.39 is 56.4 Å². The Balaban J connectivity index is -0.00000000588. The second-order valence-corrected chi connectivity index (χ2v) is 11.0. The molecule has 39 heavy (non-hydrogen) atoms. The van der Waals surface area contributed by atoms with E-state index in [2.05, 4.69) is 0 Å². The van der Waals surface area contributed by atoms with Gasteiger partial charge in [0.15, 0.2) is 24.6 Å². The second-order valence-electron chi connectivity index (χ2n) is 3.66. The minimum atomic E-state index is -3.96.